The van der Waals surface area contributed by atoms with E-state index in [2.05, 4.69) is 12.6 Å². The zero-order valence-electron chi connectivity index (χ0n) is 22.1. The Kier molecular flexibility index (Phi) is 10.2. The number of alkyl halides is 6. The molecule has 0 saturated carbocycles. The molecule has 3 rings (SSSR count). The Morgan fingerprint density at radius 3 is 2.31 bits per heavy atom. The number of aliphatic hydroxyl groups is 1. The number of halogens is 9. The average Bonchev–Trinajstić information content (AvgIpc) is 3.22. The fourth-order valence-electron chi connectivity index (χ4n) is 4.10. The Labute approximate surface area is 245 Å². The lowest BCUT2D eigenvalue weighted by Gasteiger charge is -2.32. The molecule has 1 aliphatic heterocycles. The predicted octanol–water partition coefficient (Wildman–Crippen LogP) is 6.41. The maximum Gasteiger partial charge on any atom is 0.420 e. The second-order valence-corrected chi connectivity index (χ2v) is 10.2. The Bertz CT molecular complexity index is 1340. The van der Waals surface area contributed by atoms with Gasteiger partial charge in [-0.15, -0.1) is 12.6 Å². The van der Waals surface area contributed by atoms with Crippen molar-refractivity contribution in [1.82, 2.24) is 9.80 Å². The molecule has 0 saturated heterocycles. The zero-order valence-corrected chi connectivity index (χ0v) is 23.8. The number of likely N-dealkylation sites (N-methyl/N-ethyl adjacent to an activating group) is 1. The first-order chi connectivity index (χ1) is 19.4. The number of aliphatic hydroxyl groups excluding tert-OH is 1. The third kappa shape index (κ3) is 7.33. The summed E-state index contributed by atoms with van der Waals surface area (Å²) in [5.41, 5.74) is -6.38. The summed E-state index contributed by atoms with van der Waals surface area (Å²) in [5.74, 6) is -3.91. The number of anilines is 2. The number of nitrogens with zero attached hydrogens (tertiary/aromatic N) is 4. The Balaban J connectivity index is 2.13. The van der Waals surface area contributed by atoms with Crippen molar-refractivity contribution in [2.45, 2.75) is 30.9 Å². The fraction of sp³-hybridized carbons (Fsp3) is 0.400. The van der Waals surface area contributed by atoms with Crippen LogP contribution in [0.2, 0.25) is 5.02 Å². The molecular weight excluding hydrogens is 624 g/mol. The summed E-state index contributed by atoms with van der Waals surface area (Å²) >= 11 is 9.88. The first kappa shape index (κ1) is 33.6. The van der Waals surface area contributed by atoms with E-state index in [0.29, 0.717) is 17.0 Å². The van der Waals surface area contributed by atoms with Gasteiger partial charge < -0.3 is 24.5 Å². The largest absolute Gasteiger partial charge is 0.420 e. The molecule has 7 nitrogen and oxygen atoms in total. The smallest absolute Gasteiger partial charge is 0.407 e. The molecule has 1 aliphatic rings. The zero-order chi connectivity index (χ0) is 31.7. The normalized spacial score (nSPS) is 16.4. The first-order valence-electron chi connectivity index (χ1n) is 12.0. The van der Waals surface area contributed by atoms with Crippen LogP contribution in [0.15, 0.2) is 36.7 Å². The van der Waals surface area contributed by atoms with E-state index < -0.39 is 81.5 Å². The van der Waals surface area contributed by atoms with Crippen LogP contribution in [-0.4, -0.2) is 66.3 Å². The highest BCUT2D eigenvalue weighted by Crippen LogP contribution is 2.48. The van der Waals surface area contributed by atoms with E-state index in [1.807, 2.05) is 0 Å². The number of ether oxygens (including phenoxy) is 1. The van der Waals surface area contributed by atoms with Gasteiger partial charge >= 0.3 is 18.4 Å². The minimum Gasteiger partial charge on any atom is -0.407 e. The number of hydrogen-bond donors (Lipinski definition) is 2. The summed E-state index contributed by atoms with van der Waals surface area (Å²) < 4.78 is 117. The van der Waals surface area contributed by atoms with Crippen molar-refractivity contribution in [3.63, 3.8) is 0 Å². The van der Waals surface area contributed by atoms with E-state index in [1.165, 1.54) is 18.0 Å². The van der Waals surface area contributed by atoms with Gasteiger partial charge in [0.1, 0.15) is 16.4 Å². The van der Waals surface area contributed by atoms with Crippen LogP contribution in [-0.2, 0) is 12.4 Å². The molecule has 42 heavy (non-hydrogen) atoms. The third-order valence-electron chi connectivity index (χ3n) is 5.97. The molecule has 0 radical (unpaired) electrons. The standard InChI is InChI=1S/C25H25ClF8N4O3S/c1-4-37(17-6-5-16(27)19(26)20(17)28)23(40)41-21-15(25(32,33)34)9-13(24(29,30)31)10-18(21)38-8-7-36(22(38)42)12-14(39)11-35(2)3/h5-10,14,22,39,42H,4,11-12H2,1-3H3. The lowest BCUT2D eigenvalue weighted by molar-refractivity contribution is -0.143. The molecule has 2 aromatic carbocycles. The van der Waals surface area contributed by atoms with Crippen molar-refractivity contribution >= 4 is 41.7 Å². The van der Waals surface area contributed by atoms with Crippen LogP contribution < -0.4 is 14.5 Å². The van der Waals surface area contributed by atoms with Crippen LogP contribution in [0, 0.1) is 11.6 Å². The van der Waals surface area contributed by atoms with Gasteiger partial charge in [-0.1, -0.05) is 11.6 Å². The van der Waals surface area contributed by atoms with Gasteiger partial charge in [-0.25, -0.2) is 13.6 Å². The molecule has 17 heteroatoms. The van der Waals surface area contributed by atoms with E-state index >= 15 is 0 Å². The highest BCUT2D eigenvalue weighted by Gasteiger charge is 2.43. The van der Waals surface area contributed by atoms with Crippen molar-refractivity contribution in [3.8, 4) is 5.75 Å². The molecular formula is C25H25ClF8N4O3S. The predicted molar refractivity (Wildman–Crippen MR) is 143 cm³/mol. The number of benzene rings is 2. The minimum absolute atomic E-state index is 0.103. The quantitative estimate of drug-likeness (QED) is 0.196. The summed E-state index contributed by atoms with van der Waals surface area (Å²) in [6.07, 6.45) is -10.9. The van der Waals surface area contributed by atoms with Gasteiger partial charge in [-0.2, -0.15) is 26.3 Å². The number of carbonyl (C=O) groups is 1. The number of hydrogen-bond acceptors (Lipinski definition) is 7. The van der Waals surface area contributed by atoms with E-state index in [4.69, 9.17) is 16.3 Å². The fourth-order valence-corrected chi connectivity index (χ4v) is 4.64. The van der Waals surface area contributed by atoms with Crippen LogP contribution in [0.4, 0.5) is 51.3 Å². The highest BCUT2D eigenvalue weighted by molar-refractivity contribution is 7.81. The van der Waals surface area contributed by atoms with Crippen molar-refractivity contribution in [2.75, 3.05) is 43.5 Å². The summed E-state index contributed by atoms with van der Waals surface area (Å²) in [7, 11) is 3.36. The maximum absolute atomic E-state index is 14.7. The first-order valence-corrected chi connectivity index (χ1v) is 12.9. The van der Waals surface area contributed by atoms with E-state index in [9.17, 15) is 45.0 Å². The highest BCUT2D eigenvalue weighted by atomic mass is 35.5. The summed E-state index contributed by atoms with van der Waals surface area (Å²) in [6, 6.07) is 1.63. The number of rotatable bonds is 8. The van der Waals surface area contributed by atoms with Gasteiger partial charge in [0, 0.05) is 32.0 Å². The lowest BCUT2D eigenvalue weighted by Crippen LogP contribution is -2.41. The van der Waals surface area contributed by atoms with Crippen LogP contribution in [0.1, 0.15) is 18.1 Å². The third-order valence-corrected chi connectivity index (χ3v) is 6.87. The topological polar surface area (TPSA) is 59.5 Å². The number of thiol groups is 1. The Morgan fingerprint density at radius 2 is 1.76 bits per heavy atom. The molecule has 2 atom stereocenters. The molecule has 1 amide bonds. The Hall–Kier alpha value is -2.95. The maximum atomic E-state index is 14.7. The molecule has 232 valence electrons. The van der Waals surface area contributed by atoms with Crippen LogP contribution in [0.25, 0.3) is 0 Å². The van der Waals surface area contributed by atoms with E-state index in [-0.39, 0.29) is 19.2 Å². The van der Waals surface area contributed by atoms with Gasteiger partial charge in [-0.3, -0.25) is 4.90 Å². The van der Waals surface area contributed by atoms with Crippen LogP contribution in [0.5, 0.6) is 5.75 Å². The number of β-amino-alcohol motifs (C(OH)–C–C–N with tert-alkyl or cyclic N) is 1. The lowest BCUT2D eigenvalue weighted by atomic mass is 10.1. The molecule has 0 bridgehead atoms. The SMILES string of the molecule is CCN(C(=O)Oc1c(N2C=CN(CC(O)CN(C)C)C2S)cc(C(F)(F)F)cc1C(F)(F)F)c1ccc(F)c(Cl)c1F. The van der Waals surface area contributed by atoms with E-state index in [0.717, 1.165) is 17.2 Å². The summed E-state index contributed by atoms with van der Waals surface area (Å²) in [4.78, 5) is 17.5. The second kappa shape index (κ2) is 12.7. The molecule has 2 aromatic rings. The molecule has 2 unspecified atom stereocenters. The minimum atomic E-state index is -5.45. The molecule has 0 aliphatic carbocycles. The van der Waals surface area contributed by atoms with Crippen LogP contribution >= 0.6 is 24.2 Å². The van der Waals surface area contributed by atoms with Crippen molar-refractivity contribution in [2.24, 2.45) is 0 Å². The molecule has 0 fully saturated rings. The number of amides is 1. The van der Waals surface area contributed by atoms with Crippen LogP contribution in [0.3, 0.4) is 0 Å². The second-order valence-electron chi connectivity index (χ2n) is 9.34. The summed E-state index contributed by atoms with van der Waals surface area (Å²) in [6.45, 7) is 0.964. The number of carbonyl (C=O) groups excluding carboxylic acids is 1. The average molecular weight is 649 g/mol. The van der Waals surface area contributed by atoms with Gasteiger partial charge in [0.2, 0.25) is 0 Å². The van der Waals surface area contributed by atoms with Crippen molar-refractivity contribution in [3.05, 3.63) is 64.4 Å². The van der Waals surface area contributed by atoms with Gasteiger partial charge in [0.05, 0.1) is 23.0 Å². The van der Waals surface area contributed by atoms with Gasteiger partial charge in [-0.05, 0) is 45.3 Å². The molecule has 0 aromatic heterocycles. The van der Waals surface area contributed by atoms with Crippen molar-refractivity contribution in [1.29, 1.82) is 0 Å². The van der Waals surface area contributed by atoms with Crippen molar-refractivity contribution < 1.29 is 49.8 Å². The summed E-state index contributed by atoms with van der Waals surface area (Å²) in [5, 5.41) is 9.28. The van der Waals surface area contributed by atoms with Gasteiger partial charge in [0.15, 0.2) is 17.1 Å². The Morgan fingerprint density at radius 1 is 1.12 bits per heavy atom. The van der Waals surface area contributed by atoms with Gasteiger partial charge in [0.25, 0.3) is 0 Å². The monoisotopic (exact) mass is 648 g/mol. The molecule has 1 N–H and O–H groups in total. The van der Waals surface area contributed by atoms with E-state index in [1.54, 1.807) is 19.0 Å². The molecule has 0 spiro atoms. The molecule has 1 heterocycles.